The summed E-state index contributed by atoms with van der Waals surface area (Å²) in [6.45, 7) is 0.927. The third-order valence-electron chi connectivity index (χ3n) is 4.86. The molecule has 3 fully saturated rings. The first kappa shape index (κ1) is 11.5. The molecule has 2 bridgehead atoms. The molecule has 2 saturated heterocycles. The summed E-state index contributed by atoms with van der Waals surface area (Å²) in [4.78, 5) is 11.9. The zero-order valence-corrected chi connectivity index (χ0v) is 10.6. The van der Waals surface area contributed by atoms with Gasteiger partial charge in [0.2, 0.25) is 5.91 Å². The maximum absolute atomic E-state index is 11.9. The first-order chi connectivity index (χ1) is 8.29. The highest BCUT2D eigenvalue weighted by Crippen LogP contribution is 2.32. The Morgan fingerprint density at radius 1 is 1.06 bits per heavy atom. The number of carbonyl (C=O) groups excluding carboxylic acids is 1. The van der Waals surface area contributed by atoms with E-state index in [9.17, 15) is 4.79 Å². The summed E-state index contributed by atoms with van der Waals surface area (Å²) in [5.74, 6) is 1.71. The molecule has 2 aliphatic heterocycles. The van der Waals surface area contributed by atoms with Crippen LogP contribution in [0.4, 0.5) is 0 Å². The Kier molecular flexibility index (Phi) is 3.37. The van der Waals surface area contributed by atoms with E-state index in [1.165, 1.54) is 44.9 Å². The van der Waals surface area contributed by atoms with Crippen molar-refractivity contribution < 1.29 is 4.79 Å². The van der Waals surface area contributed by atoms with E-state index in [0.29, 0.717) is 23.9 Å². The molecule has 0 spiro atoms. The Hall–Kier alpha value is -0.570. The number of amides is 1. The van der Waals surface area contributed by atoms with Crippen molar-refractivity contribution in [2.45, 2.75) is 63.5 Å². The van der Waals surface area contributed by atoms with E-state index in [1.807, 2.05) is 0 Å². The molecular formula is C14H24N2O. The van der Waals surface area contributed by atoms with Crippen LogP contribution in [0.5, 0.6) is 0 Å². The SMILES string of the molecule is O=C(CC1CC2CCC(C1)N2)NCC1CCC1. The largest absolute Gasteiger partial charge is 0.356 e. The van der Waals surface area contributed by atoms with Gasteiger partial charge < -0.3 is 10.6 Å². The zero-order valence-electron chi connectivity index (χ0n) is 10.6. The van der Waals surface area contributed by atoms with Crippen molar-refractivity contribution in [1.82, 2.24) is 10.6 Å². The minimum atomic E-state index is 0.295. The molecule has 2 unspecified atom stereocenters. The van der Waals surface area contributed by atoms with Crippen molar-refractivity contribution in [3.05, 3.63) is 0 Å². The minimum Gasteiger partial charge on any atom is -0.356 e. The second kappa shape index (κ2) is 4.97. The molecule has 1 aliphatic carbocycles. The molecule has 2 N–H and O–H groups in total. The number of hydrogen-bond acceptors (Lipinski definition) is 2. The van der Waals surface area contributed by atoms with Crippen molar-refractivity contribution in [2.75, 3.05) is 6.54 Å². The molecule has 2 atom stereocenters. The lowest BCUT2D eigenvalue weighted by atomic mass is 9.85. The predicted molar refractivity (Wildman–Crippen MR) is 67.6 cm³/mol. The first-order valence-electron chi connectivity index (χ1n) is 7.32. The summed E-state index contributed by atoms with van der Waals surface area (Å²) in [6, 6.07) is 1.41. The van der Waals surface area contributed by atoms with E-state index < -0.39 is 0 Å². The van der Waals surface area contributed by atoms with Gasteiger partial charge in [-0.05, 0) is 50.4 Å². The van der Waals surface area contributed by atoms with Gasteiger partial charge in [0, 0.05) is 25.0 Å². The number of fused-ring (bicyclic) bond motifs is 2. The van der Waals surface area contributed by atoms with Crippen LogP contribution < -0.4 is 10.6 Å². The lowest BCUT2D eigenvalue weighted by Gasteiger charge is -2.29. The van der Waals surface area contributed by atoms with Crippen molar-refractivity contribution in [3.8, 4) is 0 Å². The fourth-order valence-corrected chi connectivity index (χ4v) is 3.63. The van der Waals surface area contributed by atoms with Crippen LogP contribution >= 0.6 is 0 Å². The Labute approximate surface area is 104 Å². The molecular weight excluding hydrogens is 212 g/mol. The topological polar surface area (TPSA) is 41.1 Å². The fourth-order valence-electron chi connectivity index (χ4n) is 3.63. The molecule has 1 amide bonds. The van der Waals surface area contributed by atoms with Gasteiger partial charge in [0.1, 0.15) is 0 Å². The molecule has 0 aromatic carbocycles. The normalized spacial score (nSPS) is 36.6. The smallest absolute Gasteiger partial charge is 0.220 e. The van der Waals surface area contributed by atoms with Gasteiger partial charge in [0.05, 0.1) is 0 Å². The van der Waals surface area contributed by atoms with Crippen molar-refractivity contribution in [1.29, 1.82) is 0 Å². The van der Waals surface area contributed by atoms with Crippen molar-refractivity contribution >= 4 is 5.91 Å². The molecule has 3 heteroatoms. The third-order valence-corrected chi connectivity index (χ3v) is 4.86. The van der Waals surface area contributed by atoms with E-state index in [2.05, 4.69) is 10.6 Å². The van der Waals surface area contributed by atoms with Gasteiger partial charge in [-0.15, -0.1) is 0 Å². The monoisotopic (exact) mass is 236 g/mol. The number of carbonyl (C=O) groups is 1. The standard InChI is InChI=1S/C14H24N2O/c17-14(15-9-10-2-1-3-10)8-11-6-12-4-5-13(7-11)16-12/h10-13,16H,1-9H2,(H,15,17). The fraction of sp³-hybridized carbons (Fsp3) is 0.929. The molecule has 0 aromatic heterocycles. The zero-order chi connectivity index (χ0) is 11.7. The number of nitrogens with one attached hydrogen (secondary N) is 2. The second-order valence-corrected chi connectivity index (χ2v) is 6.28. The maximum Gasteiger partial charge on any atom is 0.220 e. The molecule has 3 aliphatic rings. The molecule has 96 valence electrons. The maximum atomic E-state index is 11.9. The quantitative estimate of drug-likeness (QED) is 0.782. The van der Waals surface area contributed by atoms with Crippen LogP contribution in [0.25, 0.3) is 0 Å². The van der Waals surface area contributed by atoms with Crippen molar-refractivity contribution in [3.63, 3.8) is 0 Å². The number of rotatable bonds is 4. The highest BCUT2D eigenvalue weighted by molar-refractivity contribution is 5.76. The Balaban J connectivity index is 1.38. The number of piperidine rings is 1. The third kappa shape index (κ3) is 2.82. The van der Waals surface area contributed by atoms with Crippen LogP contribution in [0.1, 0.15) is 51.4 Å². The highest BCUT2D eigenvalue weighted by Gasteiger charge is 2.34. The van der Waals surface area contributed by atoms with E-state index in [0.717, 1.165) is 18.9 Å². The second-order valence-electron chi connectivity index (χ2n) is 6.28. The summed E-state index contributed by atoms with van der Waals surface area (Å²) >= 11 is 0. The number of hydrogen-bond donors (Lipinski definition) is 2. The van der Waals surface area contributed by atoms with E-state index >= 15 is 0 Å². The van der Waals surface area contributed by atoms with E-state index in [1.54, 1.807) is 0 Å². The predicted octanol–water partition coefficient (Wildman–Crippen LogP) is 1.82. The summed E-state index contributed by atoms with van der Waals surface area (Å²) in [5, 5.41) is 6.75. The Bertz CT molecular complexity index is 276. The van der Waals surface area contributed by atoms with Gasteiger partial charge in [0.25, 0.3) is 0 Å². The highest BCUT2D eigenvalue weighted by atomic mass is 16.1. The average Bonchev–Trinajstić information content (AvgIpc) is 2.56. The molecule has 3 nitrogen and oxygen atoms in total. The summed E-state index contributed by atoms with van der Waals surface area (Å²) < 4.78 is 0. The minimum absolute atomic E-state index is 0.295. The van der Waals surface area contributed by atoms with Crippen LogP contribution in [0.2, 0.25) is 0 Å². The van der Waals surface area contributed by atoms with E-state index in [-0.39, 0.29) is 0 Å². The Morgan fingerprint density at radius 2 is 1.76 bits per heavy atom. The lowest BCUT2D eigenvalue weighted by molar-refractivity contribution is -0.122. The van der Waals surface area contributed by atoms with Gasteiger partial charge in [0.15, 0.2) is 0 Å². The molecule has 3 rings (SSSR count). The molecule has 0 aromatic rings. The van der Waals surface area contributed by atoms with Gasteiger partial charge in [-0.2, -0.15) is 0 Å². The van der Waals surface area contributed by atoms with Crippen LogP contribution in [-0.2, 0) is 4.79 Å². The molecule has 1 saturated carbocycles. The first-order valence-corrected chi connectivity index (χ1v) is 7.32. The summed E-state index contributed by atoms with van der Waals surface area (Å²) in [6.07, 6.45) is 9.84. The summed E-state index contributed by atoms with van der Waals surface area (Å²) in [7, 11) is 0. The van der Waals surface area contributed by atoms with Gasteiger partial charge in [-0.25, -0.2) is 0 Å². The van der Waals surface area contributed by atoms with E-state index in [4.69, 9.17) is 0 Å². The summed E-state index contributed by atoms with van der Waals surface area (Å²) in [5.41, 5.74) is 0. The van der Waals surface area contributed by atoms with Gasteiger partial charge in [-0.1, -0.05) is 6.42 Å². The van der Waals surface area contributed by atoms with Gasteiger partial charge >= 0.3 is 0 Å². The van der Waals surface area contributed by atoms with Crippen LogP contribution in [0.15, 0.2) is 0 Å². The molecule has 17 heavy (non-hydrogen) atoms. The average molecular weight is 236 g/mol. The lowest BCUT2D eigenvalue weighted by Crippen LogP contribution is -2.40. The van der Waals surface area contributed by atoms with Crippen molar-refractivity contribution in [2.24, 2.45) is 11.8 Å². The molecule has 0 radical (unpaired) electrons. The van der Waals surface area contributed by atoms with Crippen LogP contribution in [0.3, 0.4) is 0 Å². The van der Waals surface area contributed by atoms with Crippen LogP contribution in [0, 0.1) is 11.8 Å². The van der Waals surface area contributed by atoms with Gasteiger partial charge in [-0.3, -0.25) is 4.79 Å². The Morgan fingerprint density at radius 3 is 2.35 bits per heavy atom. The molecule has 2 heterocycles. The van der Waals surface area contributed by atoms with Crippen LogP contribution in [-0.4, -0.2) is 24.5 Å².